The molecular weight excluding hydrogens is 401 g/mol. The van der Waals surface area contributed by atoms with Crippen LogP contribution in [0.2, 0.25) is 0 Å². The van der Waals surface area contributed by atoms with Gasteiger partial charge in [0.25, 0.3) is 5.91 Å². The number of carbonyl (C=O) groups is 2. The first-order valence-electron chi connectivity index (χ1n) is 9.00. The van der Waals surface area contributed by atoms with Gasteiger partial charge in [-0.05, 0) is 49.2 Å². The molecule has 0 saturated heterocycles. The SMILES string of the molecule is CCOC(=O)CCc1ccc(NC(=O)c2cccc(NC=NN)c2)cc1C(F)(F)F. The number of rotatable bonds is 8. The third-order valence-electron chi connectivity index (χ3n) is 4.01. The lowest BCUT2D eigenvalue weighted by Gasteiger charge is -2.15. The van der Waals surface area contributed by atoms with Crippen LogP contribution >= 0.6 is 0 Å². The number of benzene rings is 2. The molecule has 0 atom stereocenters. The first-order chi connectivity index (χ1) is 14.2. The lowest BCUT2D eigenvalue weighted by molar-refractivity contribution is -0.144. The van der Waals surface area contributed by atoms with Crippen molar-refractivity contribution in [1.29, 1.82) is 0 Å². The second-order valence-electron chi connectivity index (χ2n) is 6.13. The van der Waals surface area contributed by atoms with Crippen LogP contribution in [0.4, 0.5) is 24.5 Å². The van der Waals surface area contributed by atoms with E-state index in [0.29, 0.717) is 5.69 Å². The van der Waals surface area contributed by atoms with E-state index in [2.05, 4.69) is 15.7 Å². The summed E-state index contributed by atoms with van der Waals surface area (Å²) in [6.07, 6.45) is -3.72. The number of nitrogens with two attached hydrogens (primary N) is 1. The van der Waals surface area contributed by atoms with Crippen LogP contribution in [0.25, 0.3) is 0 Å². The lowest BCUT2D eigenvalue weighted by Crippen LogP contribution is -2.15. The second kappa shape index (κ2) is 10.3. The minimum atomic E-state index is -4.64. The minimum absolute atomic E-state index is 0.0194. The molecule has 2 rings (SSSR count). The van der Waals surface area contributed by atoms with Gasteiger partial charge in [-0.15, -0.1) is 0 Å². The fourth-order valence-electron chi connectivity index (χ4n) is 2.67. The second-order valence-corrected chi connectivity index (χ2v) is 6.13. The summed E-state index contributed by atoms with van der Waals surface area (Å²) in [5.74, 6) is 3.84. The van der Waals surface area contributed by atoms with Gasteiger partial charge in [0.05, 0.1) is 12.2 Å². The first-order valence-corrected chi connectivity index (χ1v) is 9.00. The van der Waals surface area contributed by atoms with E-state index >= 15 is 0 Å². The molecule has 7 nitrogen and oxygen atoms in total. The van der Waals surface area contributed by atoms with Gasteiger partial charge in [-0.25, -0.2) is 0 Å². The molecule has 30 heavy (non-hydrogen) atoms. The molecule has 0 bridgehead atoms. The van der Waals surface area contributed by atoms with Gasteiger partial charge in [-0.3, -0.25) is 9.59 Å². The van der Waals surface area contributed by atoms with Crippen LogP contribution < -0.4 is 16.5 Å². The number of nitrogens with zero attached hydrogens (tertiary/aromatic N) is 1. The van der Waals surface area contributed by atoms with Crippen molar-refractivity contribution < 1.29 is 27.5 Å². The Morgan fingerprint density at radius 1 is 1.17 bits per heavy atom. The maximum atomic E-state index is 13.5. The van der Waals surface area contributed by atoms with E-state index in [4.69, 9.17) is 10.6 Å². The molecule has 0 heterocycles. The summed E-state index contributed by atoms with van der Waals surface area (Å²) in [4.78, 5) is 23.9. The number of ether oxygens (including phenoxy) is 1. The number of carbonyl (C=O) groups excluding carboxylic acids is 2. The van der Waals surface area contributed by atoms with E-state index in [1.807, 2.05) is 0 Å². The Morgan fingerprint density at radius 2 is 1.93 bits per heavy atom. The molecule has 0 unspecified atom stereocenters. The number of hydrogen-bond donors (Lipinski definition) is 3. The van der Waals surface area contributed by atoms with E-state index in [0.717, 1.165) is 6.07 Å². The largest absolute Gasteiger partial charge is 0.466 e. The Bertz CT molecular complexity index is 930. The molecule has 2 aromatic carbocycles. The van der Waals surface area contributed by atoms with Crippen molar-refractivity contribution in [2.24, 2.45) is 10.9 Å². The number of hydrogen-bond acceptors (Lipinski definition) is 5. The molecule has 0 radical (unpaired) electrons. The van der Waals surface area contributed by atoms with Crippen LogP contribution in [0.1, 0.15) is 34.8 Å². The zero-order valence-corrected chi connectivity index (χ0v) is 16.1. The quantitative estimate of drug-likeness (QED) is 0.197. The molecule has 2 aromatic rings. The summed E-state index contributed by atoms with van der Waals surface area (Å²) in [6.45, 7) is 1.78. The zero-order chi connectivity index (χ0) is 22.1. The molecule has 0 aromatic heterocycles. The Kier molecular flexibility index (Phi) is 7.79. The zero-order valence-electron chi connectivity index (χ0n) is 16.1. The number of amides is 1. The van der Waals surface area contributed by atoms with Crippen molar-refractivity contribution in [3.8, 4) is 0 Å². The molecule has 160 valence electrons. The summed E-state index contributed by atoms with van der Waals surface area (Å²) in [5, 5.41) is 8.47. The van der Waals surface area contributed by atoms with Crippen molar-refractivity contribution in [2.45, 2.75) is 25.9 Å². The van der Waals surface area contributed by atoms with Crippen LogP contribution in [0.15, 0.2) is 47.6 Å². The number of hydrazone groups is 1. The van der Waals surface area contributed by atoms with Crippen molar-refractivity contribution >= 4 is 29.6 Å². The topological polar surface area (TPSA) is 106 Å². The molecule has 10 heteroatoms. The summed E-state index contributed by atoms with van der Waals surface area (Å²) >= 11 is 0. The molecule has 0 aliphatic rings. The van der Waals surface area contributed by atoms with Gasteiger partial charge in [0.2, 0.25) is 0 Å². The summed E-state index contributed by atoms with van der Waals surface area (Å²) in [5.41, 5.74) is -0.235. The highest BCUT2D eigenvalue weighted by Crippen LogP contribution is 2.34. The molecule has 1 amide bonds. The van der Waals surface area contributed by atoms with Crippen molar-refractivity contribution in [3.05, 3.63) is 59.2 Å². The molecule has 0 saturated carbocycles. The van der Waals surface area contributed by atoms with Crippen LogP contribution in [-0.4, -0.2) is 24.8 Å². The van der Waals surface area contributed by atoms with E-state index in [1.54, 1.807) is 19.1 Å². The fraction of sp³-hybridized carbons (Fsp3) is 0.250. The van der Waals surface area contributed by atoms with Gasteiger partial charge in [-0.2, -0.15) is 18.3 Å². The van der Waals surface area contributed by atoms with Crippen LogP contribution in [0.3, 0.4) is 0 Å². The number of alkyl halides is 3. The maximum absolute atomic E-state index is 13.5. The molecular formula is C20H21F3N4O3. The highest BCUT2D eigenvalue weighted by Gasteiger charge is 2.33. The van der Waals surface area contributed by atoms with E-state index < -0.39 is 23.6 Å². The third kappa shape index (κ3) is 6.50. The highest BCUT2D eigenvalue weighted by atomic mass is 19.4. The normalized spacial score (nSPS) is 11.3. The molecule has 0 aliphatic carbocycles. The Labute approximate surface area is 171 Å². The van der Waals surface area contributed by atoms with Gasteiger partial charge in [0.1, 0.15) is 6.34 Å². The van der Waals surface area contributed by atoms with Crippen molar-refractivity contribution in [3.63, 3.8) is 0 Å². The smallest absolute Gasteiger partial charge is 0.416 e. The van der Waals surface area contributed by atoms with Gasteiger partial charge in [0, 0.05) is 23.4 Å². The predicted molar refractivity (Wildman–Crippen MR) is 107 cm³/mol. The van der Waals surface area contributed by atoms with Crippen LogP contribution in [0, 0.1) is 0 Å². The maximum Gasteiger partial charge on any atom is 0.416 e. The molecule has 0 spiro atoms. The average Bonchev–Trinajstić information content (AvgIpc) is 2.71. The Balaban J connectivity index is 2.20. The first kappa shape index (κ1) is 22.7. The summed E-state index contributed by atoms with van der Waals surface area (Å²) in [6, 6.07) is 9.72. The number of nitrogens with one attached hydrogen (secondary N) is 2. The van der Waals surface area contributed by atoms with Gasteiger partial charge in [0.15, 0.2) is 0 Å². The third-order valence-corrected chi connectivity index (χ3v) is 4.01. The van der Waals surface area contributed by atoms with Crippen molar-refractivity contribution in [2.75, 3.05) is 17.2 Å². The fourth-order valence-corrected chi connectivity index (χ4v) is 2.67. The summed E-state index contributed by atoms with van der Waals surface area (Å²) < 4.78 is 45.2. The Hall–Kier alpha value is -3.56. The number of esters is 1. The van der Waals surface area contributed by atoms with Gasteiger partial charge >= 0.3 is 12.1 Å². The minimum Gasteiger partial charge on any atom is -0.466 e. The predicted octanol–water partition coefficient (Wildman–Crippen LogP) is 3.77. The number of anilines is 2. The lowest BCUT2D eigenvalue weighted by atomic mass is 10.0. The molecule has 0 fully saturated rings. The van der Waals surface area contributed by atoms with Gasteiger partial charge in [-0.1, -0.05) is 12.1 Å². The Morgan fingerprint density at radius 3 is 2.60 bits per heavy atom. The standard InChI is InChI=1S/C20H21F3N4O3/c1-2-30-18(28)9-7-13-6-8-16(11-17(13)20(21,22)23)27-19(29)14-4-3-5-15(10-14)25-12-26-24/h3-6,8,10-12H,2,7,9,24H2,1H3,(H,25,26)(H,27,29). The number of halogens is 3. The summed E-state index contributed by atoms with van der Waals surface area (Å²) in [7, 11) is 0. The number of aryl methyl sites for hydroxylation is 1. The van der Waals surface area contributed by atoms with Gasteiger partial charge < -0.3 is 21.2 Å². The highest BCUT2D eigenvalue weighted by molar-refractivity contribution is 6.05. The van der Waals surface area contributed by atoms with E-state index in [-0.39, 0.29) is 36.3 Å². The monoisotopic (exact) mass is 422 g/mol. The van der Waals surface area contributed by atoms with Crippen LogP contribution in [0.5, 0.6) is 0 Å². The van der Waals surface area contributed by atoms with Crippen molar-refractivity contribution in [1.82, 2.24) is 0 Å². The van der Waals surface area contributed by atoms with E-state index in [9.17, 15) is 22.8 Å². The average molecular weight is 422 g/mol. The van der Waals surface area contributed by atoms with Crippen LogP contribution in [-0.2, 0) is 22.1 Å². The molecule has 4 N–H and O–H groups in total. The molecule has 0 aliphatic heterocycles. The van der Waals surface area contributed by atoms with E-state index in [1.165, 1.54) is 30.6 Å².